The van der Waals surface area contributed by atoms with Crippen molar-refractivity contribution in [3.05, 3.63) is 0 Å². The number of thioether (sulfide) groups is 1. The molecule has 0 saturated carbocycles. The molecule has 0 aliphatic carbocycles. The van der Waals surface area contributed by atoms with Gasteiger partial charge in [0.1, 0.15) is 0 Å². The van der Waals surface area contributed by atoms with Crippen molar-refractivity contribution in [3.63, 3.8) is 0 Å². The van der Waals surface area contributed by atoms with Crippen LogP contribution in [0.1, 0.15) is 27.7 Å². The molecule has 0 saturated heterocycles. The number of anilines is 1. The minimum atomic E-state index is -0.0323. The summed E-state index contributed by atoms with van der Waals surface area (Å²) in [6.45, 7) is 7.89. The first-order valence-electron chi connectivity index (χ1n) is 4.80. The summed E-state index contributed by atoms with van der Waals surface area (Å²) in [5.74, 6) is -0.0534. The number of carbonyl (C=O) groups is 1. The molecular formula is C9H15N3OS2. The Bertz CT molecular complexity index is 336. The van der Waals surface area contributed by atoms with Crippen LogP contribution >= 0.6 is 23.1 Å². The van der Waals surface area contributed by atoms with Crippen LogP contribution in [0.25, 0.3) is 0 Å². The molecule has 0 aliphatic rings. The number of amides is 1. The molecule has 1 heterocycles. The van der Waals surface area contributed by atoms with Crippen LogP contribution in [-0.4, -0.2) is 21.4 Å². The molecule has 1 aromatic heterocycles. The maximum atomic E-state index is 11.4. The highest BCUT2D eigenvalue weighted by Crippen LogP contribution is 2.28. The minimum Gasteiger partial charge on any atom is -0.300 e. The second kappa shape index (κ2) is 5.46. The van der Waals surface area contributed by atoms with E-state index in [-0.39, 0.29) is 11.8 Å². The van der Waals surface area contributed by atoms with Crippen LogP contribution in [-0.2, 0) is 4.79 Å². The molecule has 4 nitrogen and oxygen atoms in total. The fourth-order valence-electron chi connectivity index (χ4n) is 0.759. The lowest BCUT2D eigenvalue weighted by atomic mass is 10.2. The van der Waals surface area contributed by atoms with Gasteiger partial charge in [0.25, 0.3) is 0 Å². The van der Waals surface area contributed by atoms with Gasteiger partial charge in [-0.1, -0.05) is 50.8 Å². The van der Waals surface area contributed by atoms with Gasteiger partial charge < -0.3 is 5.32 Å². The predicted molar refractivity (Wildman–Crippen MR) is 64.4 cm³/mol. The van der Waals surface area contributed by atoms with E-state index in [0.29, 0.717) is 10.4 Å². The van der Waals surface area contributed by atoms with E-state index in [4.69, 9.17) is 0 Å². The Morgan fingerprint density at radius 1 is 1.33 bits per heavy atom. The summed E-state index contributed by atoms with van der Waals surface area (Å²) in [5, 5.41) is 11.7. The van der Waals surface area contributed by atoms with Crippen molar-refractivity contribution >= 4 is 34.1 Å². The molecule has 0 atom stereocenters. The second-order valence-electron chi connectivity index (χ2n) is 3.68. The highest BCUT2D eigenvalue weighted by molar-refractivity contribution is 8.01. The normalized spacial score (nSPS) is 11.1. The Morgan fingerprint density at radius 3 is 2.53 bits per heavy atom. The number of rotatable bonds is 4. The largest absolute Gasteiger partial charge is 0.300 e. The average molecular weight is 245 g/mol. The molecule has 1 N–H and O–H groups in total. The lowest BCUT2D eigenvalue weighted by Crippen LogP contribution is -2.17. The Morgan fingerprint density at radius 2 is 2.00 bits per heavy atom. The molecule has 1 amide bonds. The van der Waals surface area contributed by atoms with Crippen LogP contribution in [0, 0.1) is 5.92 Å². The van der Waals surface area contributed by atoms with Gasteiger partial charge in [0.15, 0.2) is 4.34 Å². The minimum absolute atomic E-state index is 0.0211. The highest BCUT2D eigenvalue weighted by atomic mass is 32.2. The Balaban J connectivity index is 2.56. The molecule has 84 valence electrons. The summed E-state index contributed by atoms with van der Waals surface area (Å²) in [5.41, 5.74) is 0. The van der Waals surface area contributed by atoms with E-state index in [1.54, 1.807) is 11.8 Å². The number of hydrogen-bond donors (Lipinski definition) is 1. The summed E-state index contributed by atoms with van der Waals surface area (Å²) < 4.78 is 0.893. The SMILES string of the molecule is CC(C)Sc1nnc(NC(=O)C(C)C)s1. The van der Waals surface area contributed by atoms with Crippen LogP contribution in [0.2, 0.25) is 0 Å². The Kier molecular flexibility index (Phi) is 4.53. The van der Waals surface area contributed by atoms with Gasteiger partial charge in [0.05, 0.1) is 0 Å². The Labute approximate surface area is 97.9 Å². The average Bonchev–Trinajstić information content (AvgIpc) is 2.51. The molecule has 1 rings (SSSR count). The zero-order valence-corrected chi connectivity index (χ0v) is 10.9. The fourth-order valence-corrected chi connectivity index (χ4v) is 2.74. The van der Waals surface area contributed by atoms with Gasteiger partial charge in [0, 0.05) is 11.2 Å². The molecule has 15 heavy (non-hydrogen) atoms. The van der Waals surface area contributed by atoms with Gasteiger partial charge in [-0.15, -0.1) is 10.2 Å². The quantitative estimate of drug-likeness (QED) is 0.654. The molecule has 0 aromatic carbocycles. The van der Waals surface area contributed by atoms with Crippen molar-refractivity contribution in [1.82, 2.24) is 10.2 Å². The molecule has 0 fully saturated rings. The van der Waals surface area contributed by atoms with E-state index in [2.05, 4.69) is 29.4 Å². The van der Waals surface area contributed by atoms with E-state index >= 15 is 0 Å². The van der Waals surface area contributed by atoms with Crippen molar-refractivity contribution in [2.75, 3.05) is 5.32 Å². The van der Waals surface area contributed by atoms with Crippen molar-refractivity contribution in [2.24, 2.45) is 5.92 Å². The highest BCUT2D eigenvalue weighted by Gasteiger charge is 2.11. The van der Waals surface area contributed by atoms with Gasteiger partial charge in [-0.2, -0.15) is 0 Å². The molecule has 0 radical (unpaired) electrons. The standard InChI is InChI=1S/C9H15N3OS2/c1-5(2)7(13)10-8-11-12-9(15-8)14-6(3)4/h5-6H,1-4H3,(H,10,11,13). The van der Waals surface area contributed by atoms with Gasteiger partial charge >= 0.3 is 0 Å². The Hall–Kier alpha value is -0.620. The molecule has 0 aliphatic heterocycles. The van der Waals surface area contributed by atoms with E-state index in [1.165, 1.54) is 11.3 Å². The first kappa shape index (κ1) is 12.4. The van der Waals surface area contributed by atoms with Crippen LogP contribution in [0.15, 0.2) is 4.34 Å². The zero-order valence-electron chi connectivity index (χ0n) is 9.27. The second-order valence-corrected chi connectivity index (χ2v) is 6.48. The summed E-state index contributed by atoms with van der Waals surface area (Å²) in [7, 11) is 0. The number of aromatic nitrogens is 2. The number of nitrogens with one attached hydrogen (secondary N) is 1. The van der Waals surface area contributed by atoms with Gasteiger partial charge in [0.2, 0.25) is 11.0 Å². The van der Waals surface area contributed by atoms with Gasteiger partial charge in [-0.05, 0) is 0 Å². The lowest BCUT2D eigenvalue weighted by Gasteiger charge is -2.02. The maximum absolute atomic E-state index is 11.4. The maximum Gasteiger partial charge on any atom is 0.228 e. The van der Waals surface area contributed by atoms with E-state index in [0.717, 1.165) is 4.34 Å². The monoisotopic (exact) mass is 245 g/mol. The molecule has 6 heteroatoms. The topological polar surface area (TPSA) is 54.9 Å². The van der Waals surface area contributed by atoms with Crippen LogP contribution < -0.4 is 5.32 Å². The third-order valence-corrected chi connectivity index (χ3v) is 3.42. The number of hydrogen-bond acceptors (Lipinski definition) is 5. The molecule has 0 spiro atoms. The van der Waals surface area contributed by atoms with Gasteiger partial charge in [-0.3, -0.25) is 4.79 Å². The van der Waals surface area contributed by atoms with Crippen molar-refractivity contribution in [2.45, 2.75) is 37.3 Å². The van der Waals surface area contributed by atoms with E-state index < -0.39 is 0 Å². The zero-order chi connectivity index (χ0) is 11.4. The summed E-state index contributed by atoms with van der Waals surface area (Å²) in [6, 6.07) is 0. The smallest absolute Gasteiger partial charge is 0.228 e. The van der Waals surface area contributed by atoms with Crippen molar-refractivity contribution in [3.8, 4) is 0 Å². The van der Waals surface area contributed by atoms with Crippen molar-refractivity contribution < 1.29 is 4.79 Å². The van der Waals surface area contributed by atoms with Crippen LogP contribution in [0.5, 0.6) is 0 Å². The molecular weight excluding hydrogens is 230 g/mol. The molecule has 0 bridgehead atoms. The number of nitrogens with zero attached hydrogens (tertiary/aromatic N) is 2. The molecule has 1 aromatic rings. The van der Waals surface area contributed by atoms with Gasteiger partial charge in [-0.25, -0.2) is 0 Å². The van der Waals surface area contributed by atoms with Crippen LogP contribution in [0.4, 0.5) is 5.13 Å². The first-order valence-corrected chi connectivity index (χ1v) is 6.49. The predicted octanol–water partition coefficient (Wildman–Crippen LogP) is 2.63. The summed E-state index contributed by atoms with van der Waals surface area (Å²) in [4.78, 5) is 11.4. The van der Waals surface area contributed by atoms with E-state index in [9.17, 15) is 4.79 Å². The number of carbonyl (C=O) groups excluding carboxylic acids is 1. The summed E-state index contributed by atoms with van der Waals surface area (Å²) in [6.07, 6.45) is 0. The van der Waals surface area contributed by atoms with Crippen molar-refractivity contribution in [1.29, 1.82) is 0 Å². The summed E-state index contributed by atoms with van der Waals surface area (Å²) >= 11 is 3.06. The third kappa shape index (κ3) is 4.17. The van der Waals surface area contributed by atoms with Crippen LogP contribution in [0.3, 0.4) is 0 Å². The third-order valence-electron chi connectivity index (χ3n) is 1.50. The lowest BCUT2D eigenvalue weighted by molar-refractivity contribution is -0.118. The van der Waals surface area contributed by atoms with E-state index in [1.807, 2.05) is 13.8 Å². The first-order chi connectivity index (χ1) is 6.99. The fraction of sp³-hybridized carbons (Fsp3) is 0.667. The molecule has 0 unspecified atom stereocenters.